The molecule has 0 radical (unpaired) electrons. The Kier molecular flexibility index (Phi) is 6.02. The van der Waals surface area contributed by atoms with E-state index in [0.717, 1.165) is 5.56 Å². The quantitative estimate of drug-likeness (QED) is 0.719. The second-order valence-corrected chi connectivity index (χ2v) is 5.05. The first kappa shape index (κ1) is 16.8. The summed E-state index contributed by atoms with van der Waals surface area (Å²) in [5, 5.41) is 14.4. The molecule has 0 bridgehead atoms. The molecule has 0 spiro atoms. The molecule has 0 fully saturated rings. The summed E-state index contributed by atoms with van der Waals surface area (Å²) in [4.78, 5) is 23.1. The minimum atomic E-state index is -1.26. The van der Waals surface area contributed by atoms with Gasteiger partial charge in [0.2, 0.25) is 0 Å². The highest BCUT2D eigenvalue weighted by atomic mass is 16.5. The SMILES string of the molecule is CCCC(C)(NC(=O)NCc1cccc(OC)c1)C(=O)O. The Morgan fingerprint density at radius 1 is 1.38 bits per heavy atom. The van der Waals surface area contributed by atoms with Crippen molar-refractivity contribution in [3.8, 4) is 5.75 Å². The van der Waals surface area contributed by atoms with Gasteiger partial charge in [-0.2, -0.15) is 0 Å². The number of hydrogen-bond donors (Lipinski definition) is 3. The van der Waals surface area contributed by atoms with Crippen molar-refractivity contribution in [3.63, 3.8) is 0 Å². The fraction of sp³-hybridized carbons (Fsp3) is 0.467. The molecule has 0 heterocycles. The van der Waals surface area contributed by atoms with Gasteiger partial charge in [0.1, 0.15) is 11.3 Å². The fourth-order valence-corrected chi connectivity index (χ4v) is 1.98. The molecule has 1 unspecified atom stereocenters. The van der Waals surface area contributed by atoms with Crippen molar-refractivity contribution in [1.82, 2.24) is 10.6 Å². The lowest BCUT2D eigenvalue weighted by atomic mass is 9.97. The molecule has 1 aromatic rings. The zero-order valence-corrected chi connectivity index (χ0v) is 12.6. The molecule has 0 aromatic heterocycles. The fourth-order valence-electron chi connectivity index (χ4n) is 1.98. The lowest BCUT2D eigenvalue weighted by Gasteiger charge is -2.25. The van der Waals surface area contributed by atoms with Crippen LogP contribution in [0.25, 0.3) is 0 Å². The van der Waals surface area contributed by atoms with Crippen LogP contribution in [0.15, 0.2) is 24.3 Å². The molecule has 6 heteroatoms. The summed E-state index contributed by atoms with van der Waals surface area (Å²) in [5.41, 5.74) is -0.384. The molecule has 2 amide bonds. The predicted octanol–water partition coefficient (Wildman–Crippen LogP) is 2.14. The van der Waals surface area contributed by atoms with Crippen LogP contribution < -0.4 is 15.4 Å². The normalized spacial score (nSPS) is 13.1. The Morgan fingerprint density at radius 2 is 2.10 bits per heavy atom. The smallest absolute Gasteiger partial charge is 0.329 e. The molecular weight excluding hydrogens is 272 g/mol. The summed E-state index contributed by atoms with van der Waals surface area (Å²) >= 11 is 0. The van der Waals surface area contributed by atoms with Crippen LogP contribution in [-0.4, -0.2) is 29.8 Å². The Bertz CT molecular complexity index is 504. The zero-order valence-electron chi connectivity index (χ0n) is 12.6. The zero-order chi connectivity index (χ0) is 15.9. The highest BCUT2D eigenvalue weighted by Crippen LogP contribution is 2.13. The predicted molar refractivity (Wildman–Crippen MR) is 79.3 cm³/mol. The van der Waals surface area contributed by atoms with Gasteiger partial charge >= 0.3 is 12.0 Å². The number of aliphatic carboxylic acids is 1. The van der Waals surface area contributed by atoms with E-state index in [1.165, 1.54) is 6.92 Å². The van der Waals surface area contributed by atoms with Gasteiger partial charge in [0.25, 0.3) is 0 Å². The molecule has 116 valence electrons. The average Bonchev–Trinajstić information content (AvgIpc) is 2.45. The van der Waals surface area contributed by atoms with Gasteiger partial charge in [-0.3, -0.25) is 0 Å². The molecule has 0 aliphatic carbocycles. The van der Waals surface area contributed by atoms with Crippen molar-refractivity contribution in [3.05, 3.63) is 29.8 Å². The lowest BCUT2D eigenvalue weighted by Crippen LogP contribution is -2.55. The van der Waals surface area contributed by atoms with Crippen molar-refractivity contribution >= 4 is 12.0 Å². The van der Waals surface area contributed by atoms with E-state index in [-0.39, 0.29) is 0 Å². The minimum absolute atomic E-state index is 0.296. The highest BCUT2D eigenvalue weighted by molar-refractivity contribution is 5.85. The molecule has 3 N–H and O–H groups in total. The average molecular weight is 294 g/mol. The first-order chi connectivity index (χ1) is 9.91. The third-order valence-corrected chi connectivity index (χ3v) is 3.20. The van der Waals surface area contributed by atoms with Crippen LogP contribution in [0.3, 0.4) is 0 Å². The van der Waals surface area contributed by atoms with Crippen molar-refractivity contribution in [1.29, 1.82) is 0 Å². The van der Waals surface area contributed by atoms with E-state index in [1.54, 1.807) is 7.11 Å². The molecule has 0 aliphatic heterocycles. The van der Waals surface area contributed by atoms with Crippen molar-refractivity contribution < 1.29 is 19.4 Å². The molecule has 6 nitrogen and oxygen atoms in total. The van der Waals surface area contributed by atoms with Crippen molar-refractivity contribution in [2.24, 2.45) is 0 Å². The van der Waals surface area contributed by atoms with Gasteiger partial charge in [0, 0.05) is 6.54 Å². The van der Waals surface area contributed by atoms with Crippen LogP contribution in [0, 0.1) is 0 Å². The molecule has 21 heavy (non-hydrogen) atoms. The third-order valence-electron chi connectivity index (χ3n) is 3.20. The monoisotopic (exact) mass is 294 g/mol. The maximum absolute atomic E-state index is 11.8. The number of ether oxygens (including phenoxy) is 1. The Hall–Kier alpha value is -2.24. The van der Waals surface area contributed by atoms with E-state index < -0.39 is 17.5 Å². The van der Waals surface area contributed by atoms with Crippen LogP contribution in [0.4, 0.5) is 4.79 Å². The summed E-state index contributed by atoms with van der Waals surface area (Å²) in [5.74, 6) is -0.336. The number of urea groups is 1. The highest BCUT2D eigenvalue weighted by Gasteiger charge is 2.33. The number of methoxy groups -OCH3 is 1. The number of carboxylic acid groups (broad SMARTS) is 1. The van der Waals surface area contributed by atoms with Crippen LogP contribution in [0.1, 0.15) is 32.3 Å². The molecule has 0 saturated carbocycles. The third kappa shape index (κ3) is 4.98. The summed E-state index contributed by atoms with van der Waals surface area (Å²) in [6.07, 6.45) is 1.04. The molecule has 1 aromatic carbocycles. The number of nitrogens with one attached hydrogen (secondary N) is 2. The standard InChI is InChI=1S/C15H22N2O4/c1-4-8-15(2,13(18)19)17-14(20)16-10-11-6-5-7-12(9-11)21-3/h5-7,9H,4,8,10H2,1-3H3,(H,18,19)(H2,16,17,20). The summed E-state index contributed by atoms with van der Waals surface area (Å²) in [7, 11) is 1.57. The van der Waals surface area contributed by atoms with Crippen LogP contribution in [0.2, 0.25) is 0 Å². The van der Waals surface area contributed by atoms with E-state index in [0.29, 0.717) is 25.1 Å². The molecular formula is C15H22N2O4. The maximum Gasteiger partial charge on any atom is 0.329 e. The van der Waals surface area contributed by atoms with E-state index in [9.17, 15) is 14.7 Å². The number of carbonyl (C=O) groups is 2. The van der Waals surface area contributed by atoms with Gasteiger partial charge < -0.3 is 20.5 Å². The number of hydrogen-bond acceptors (Lipinski definition) is 3. The first-order valence-electron chi connectivity index (χ1n) is 6.83. The van der Waals surface area contributed by atoms with Gasteiger partial charge in [-0.25, -0.2) is 9.59 Å². The van der Waals surface area contributed by atoms with Gasteiger partial charge in [-0.05, 0) is 31.0 Å². The second kappa shape index (κ2) is 7.52. The summed E-state index contributed by atoms with van der Waals surface area (Å²) in [6.45, 7) is 3.67. The number of carboxylic acids is 1. The Morgan fingerprint density at radius 3 is 2.67 bits per heavy atom. The van der Waals surface area contributed by atoms with Crippen LogP contribution >= 0.6 is 0 Å². The Labute approximate surface area is 124 Å². The van der Waals surface area contributed by atoms with Gasteiger partial charge in [-0.1, -0.05) is 25.5 Å². The van der Waals surface area contributed by atoms with Crippen molar-refractivity contribution in [2.45, 2.75) is 38.8 Å². The molecule has 1 atom stereocenters. The van der Waals surface area contributed by atoms with E-state index in [1.807, 2.05) is 31.2 Å². The molecule has 1 rings (SSSR count). The number of benzene rings is 1. The van der Waals surface area contributed by atoms with E-state index in [2.05, 4.69) is 10.6 Å². The van der Waals surface area contributed by atoms with Crippen molar-refractivity contribution in [2.75, 3.05) is 7.11 Å². The van der Waals surface area contributed by atoms with Crippen LogP contribution in [0.5, 0.6) is 5.75 Å². The van der Waals surface area contributed by atoms with E-state index in [4.69, 9.17) is 4.74 Å². The van der Waals surface area contributed by atoms with Gasteiger partial charge in [0.05, 0.1) is 7.11 Å². The second-order valence-electron chi connectivity index (χ2n) is 5.05. The first-order valence-corrected chi connectivity index (χ1v) is 6.83. The molecule has 0 aliphatic rings. The van der Waals surface area contributed by atoms with E-state index >= 15 is 0 Å². The summed E-state index contributed by atoms with van der Waals surface area (Å²) < 4.78 is 5.10. The number of rotatable bonds is 7. The van der Waals surface area contributed by atoms with Crippen LogP contribution in [-0.2, 0) is 11.3 Å². The van der Waals surface area contributed by atoms with Gasteiger partial charge in [-0.15, -0.1) is 0 Å². The number of carbonyl (C=O) groups excluding carboxylic acids is 1. The lowest BCUT2D eigenvalue weighted by molar-refractivity contribution is -0.144. The maximum atomic E-state index is 11.8. The summed E-state index contributed by atoms with van der Waals surface area (Å²) in [6, 6.07) is 6.79. The number of amides is 2. The topological polar surface area (TPSA) is 87.7 Å². The molecule has 0 saturated heterocycles. The largest absolute Gasteiger partial charge is 0.497 e. The minimum Gasteiger partial charge on any atom is -0.497 e. The van der Waals surface area contributed by atoms with Gasteiger partial charge in [0.15, 0.2) is 0 Å². The Balaban J connectivity index is 2.58.